The Morgan fingerprint density at radius 1 is 1.24 bits per heavy atom. The molecule has 92 valence electrons. The van der Waals surface area contributed by atoms with E-state index in [2.05, 4.69) is 15.3 Å². The third kappa shape index (κ3) is 2.11. The molecule has 0 unspecified atom stereocenters. The number of aromatic nitrogens is 3. The molecule has 2 aliphatic rings. The molecule has 0 saturated heterocycles. The van der Waals surface area contributed by atoms with E-state index in [1.807, 2.05) is 4.68 Å². The number of fused-ring (bicyclic) bond motifs is 1. The summed E-state index contributed by atoms with van der Waals surface area (Å²) < 4.78 is 1.92. The number of thioether (sulfide) groups is 1. The van der Waals surface area contributed by atoms with Gasteiger partial charge in [0, 0.05) is 18.2 Å². The summed E-state index contributed by atoms with van der Waals surface area (Å²) in [5.74, 6) is 2.42. The van der Waals surface area contributed by atoms with Gasteiger partial charge in [-0.2, -0.15) is 9.78 Å². The van der Waals surface area contributed by atoms with Crippen LogP contribution in [0.15, 0.2) is 10.3 Å². The van der Waals surface area contributed by atoms with Crippen molar-refractivity contribution in [2.75, 3.05) is 12.3 Å². The minimum Gasteiger partial charge on any atom is -0.325 e. The molecule has 1 aliphatic carbocycles. The third-order valence-corrected chi connectivity index (χ3v) is 4.44. The predicted octanol–water partition coefficient (Wildman–Crippen LogP) is 1.59. The lowest BCUT2D eigenvalue weighted by atomic mass is 9.89. The van der Waals surface area contributed by atoms with Crippen LogP contribution in [0.3, 0.4) is 0 Å². The Hall–Kier alpha value is -0.880. The molecule has 0 radical (unpaired) electrons. The van der Waals surface area contributed by atoms with Crippen LogP contribution in [0.2, 0.25) is 0 Å². The van der Waals surface area contributed by atoms with E-state index in [0.717, 1.165) is 22.4 Å². The van der Waals surface area contributed by atoms with Crippen LogP contribution < -0.4 is 5.73 Å². The van der Waals surface area contributed by atoms with Gasteiger partial charge in [0.2, 0.25) is 5.16 Å². The molecule has 2 N–H and O–H groups in total. The van der Waals surface area contributed by atoms with Crippen molar-refractivity contribution in [1.82, 2.24) is 14.9 Å². The van der Waals surface area contributed by atoms with E-state index < -0.39 is 0 Å². The molecule has 0 atom stereocenters. The highest BCUT2D eigenvalue weighted by atomic mass is 32.2. The van der Waals surface area contributed by atoms with E-state index in [1.54, 1.807) is 11.8 Å². The molecule has 1 aromatic heterocycles. The van der Waals surface area contributed by atoms with Crippen LogP contribution in [-0.2, 0) is 0 Å². The fourth-order valence-corrected chi connectivity index (χ4v) is 3.32. The molecule has 17 heavy (non-hydrogen) atoms. The van der Waals surface area contributed by atoms with Gasteiger partial charge in [0.1, 0.15) is 0 Å². The number of hydrogen-bond acceptors (Lipinski definition) is 5. The molecule has 6 heteroatoms. The van der Waals surface area contributed by atoms with E-state index in [4.69, 9.17) is 5.73 Å². The highest BCUT2D eigenvalue weighted by Crippen LogP contribution is 2.34. The number of rotatable bonds is 2. The van der Waals surface area contributed by atoms with E-state index >= 15 is 0 Å². The summed E-state index contributed by atoms with van der Waals surface area (Å²) in [7, 11) is 0. The highest BCUT2D eigenvalue weighted by molar-refractivity contribution is 7.99. The van der Waals surface area contributed by atoms with Crippen molar-refractivity contribution < 1.29 is 0 Å². The molecule has 0 bridgehead atoms. The monoisotopic (exact) mass is 251 g/mol. The predicted molar refractivity (Wildman–Crippen MR) is 68.5 cm³/mol. The van der Waals surface area contributed by atoms with E-state index in [9.17, 15) is 0 Å². The molecular weight excluding hydrogens is 234 g/mol. The Labute approximate surface area is 105 Å². The largest absolute Gasteiger partial charge is 0.325 e. The summed E-state index contributed by atoms with van der Waals surface area (Å²) >= 11 is 1.68. The van der Waals surface area contributed by atoms with Crippen LogP contribution in [0.25, 0.3) is 0 Å². The summed E-state index contributed by atoms with van der Waals surface area (Å²) in [5, 5.41) is 14.0. The average molecular weight is 251 g/mol. The van der Waals surface area contributed by atoms with Gasteiger partial charge >= 0.3 is 0 Å². The second-order valence-electron chi connectivity index (χ2n) is 4.65. The van der Waals surface area contributed by atoms with E-state index in [1.165, 1.54) is 32.1 Å². The van der Waals surface area contributed by atoms with Crippen LogP contribution >= 0.6 is 11.8 Å². The van der Waals surface area contributed by atoms with Crippen molar-refractivity contribution in [2.45, 2.75) is 43.2 Å². The van der Waals surface area contributed by atoms with Gasteiger partial charge in [-0.3, -0.25) is 0 Å². The lowest BCUT2D eigenvalue weighted by Gasteiger charge is -2.21. The van der Waals surface area contributed by atoms with E-state index in [-0.39, 0.29) is 0 Å². The van der Waals surface area contributed by atoms with Gasteiger partial charge in [-0.05, 0) is 12.8 Å². The van der Waals surface area contributed by atoms with E-state index in [0.29, 0.717) is 12.5 Å². The zero-order chi connectivity index (χ0) is 11.7. The van der Waals surface area contributed by atoms with Crippen molar-refractivity contribution in [3.8, 4) is 0 Å². The standard InChI is InChI=1S/C11H17N5S/c12-6-9-7-17-11-14-13-10(16(11)15-9)8-4-2-1-3-5-8/h8H,1-7,12H2. The summed E-state index contributed by atoms with van der Waals surface area (Å²) in [6.07, 6.45) is 6.39. The van der Waals surface area contributed by atoms with Crippen LogP contribution in [0, 0.1) is 0 Å². The van der Waals surface area contributed by atoms with Crippen molar-refractivity contribution in [3.05, 3.63) is 5.82 Å². The van der Waals surface area contributed by atoms with Crippen molar-refractivity contribution in [2.24, 2.45) is 10.8 Å². The molecule has 2 heterocycles. The first-order valence-electron chi connectivity index (χ1n) is 6.23. The Morgan fingerprint density at radius 2 is 2.06 bits per heavy atom. The maximum Gasteiger partial charge on any atom is 0.212 e. The van der Waals surface area contributed by atoms with Crippen LogP contribution in [0.5, 0.6) is 0 Å². The summed E-state index contributed by atoms with van der Waals surface area (Å²) in [5.41, 5.74) is 6.69. The minimum atomic E-state index is 0.523. The quantitative estimate of drug-likeness (QED) is 0.866. The average Bonchev–Trinajstić information content (AvgIpc) is 2.82. The van der Waals surface area contributed by atoms with Gasteiger partial charge in [-0.1, -0.05) is 31.0 Å². The van der Waals surface area contributed by atoms with Gasteiger partial charge in [0.25, 0.3) is 0 Å². The normalized spacial score (nSPS) is 21.1. The molecule has 1 aliphatic heterocycles. The molecule has 1 aromatic rings. The fourth-order valence-electron chi connectivity index (χ4n) is 2.49. The molecule has 1 saturated carbocycles. The Morgan fingerprint density at radius 3 is 2.82 bits per heavy atom. The second-order valence-corrected chi connectivity index (χ2v) is 5.59. The zero-order valence-corrected chi connectivity index (χ0v) is 10.6. The summed E-state index contributed by atoms with van der Waals surface area (Å²) in [6.45, 7) is 0.523. The summed E-state index contributed by atoms with van der Waals surface area (Å²) in [4.78, 5) is 0. The molecule has 0 amide bonds. The molecule has 0 aromatic carbocycles. The minimum absolute atomic E-state index is 0.523. The van der Waals surface area contributed by atoms with Gasteiger partial charge in [0.05, 0.1) is 5.71 Å². The van der Waals surface area contributed by atoms with Gasteiger partial charge < -0.3 is 5.73 Å². The third-order valence-electron chi connectivity index (χ3n) is 3.45. The van der Waals surface area contributed by atoms with Crippen LogP contribution in [0.1, 0.15) is 43.8 Å². The molecule has 1 fully saturated rings. The van der Waals surface area contributed by atoms with Crippen LogP contribution in [0.4, 0.5) is 0 Å². The fraction of sp³-hybridized carbons (Fsp3) is 0.727. The first-order valence-corrected chi connectivity index (χ1v) is 7.22. The summed E-state index contributed by atoms with van der Waals surface area (Å²) in [6, 6.07) is 0. The van der Waals surface area contributed by atoms with Crippen molar-refractivity contribution >= 4 is 17.5 Å². The van der Waals surface area contributed by atoms with Crippen LogP contribution in [-0.4, -0.2) is 32.9 Å². The first-order chi connectivity index (χ1) is 8.38. The number of nitrogens with two attached hydrogens (primary N) is 1. The molecule has 0 spiro atoms. The Kier molecular flexibility index (Phi) is 3.15. The number of nitrogens with zero attached hydrogens (tertiary/aromatic N) is 4. The van der Waals surface area contributed by atoms with Gasteiger partial charge in [-0.25, -0.2) is 0 Å². The van der Waals surface area contributed by atoms with Gasteiger partial charge in [0.15, 0.2) is 5.82 Å². The Bertz CT molecular complexity index is 433. The first kappa shape index (κ1) is 11.2. The molecular formula is C11H17N5S. The second kappa shape index (κ2) is 4.78. The SMILES string of the molecule is NCC1=Nn2c(nnc2C2CCCCC2)SC1. The lowest BCUT2D eigenvalue weighted by Crippen LogP contribution is -2.22. The Balaban J connectivity index is 1.92. The highest BCUT2D eigenvalue weighted by Gasteiger charge is 2.25. The molecule has 5 nitrogen and oxygen atoms in total. The maximum atomic E-state index is 5.66. The molecule has 3 rings (SSSR count). The topological polar surface area (TPSA) is 69.1 Å². The van der Waals surface area contributed by atoms with Gasteiger partial charge in [-0.15, -0.1) is 10.2 Å². The maximum absolute atomic E-state index is 5.66. The van der Waals surface area contributed by atoms with Crippen molar-refractivity contribution in [3.63, 3.8) is 0 Å². The number of hydrogen-bond donors (Lipinski definition) is 1. The zero-order valence-electron chi connectivity index (χ0n) is 9.80. The lowest BCUT2D eigenvalue weighted by molar-refractivity contribution is 0.417. The smallest absolute Gasteiger partial charge is 0.212 e. The van der Waals surface area contributed by atoms with Crippen molar-refractivity contribution in [1.29, 1.82) is 0 Å².